The van der Waals surface area contributed by atoms with Crippen LogP contribution < -0.4 is 0 Å². The van der Waals surface area contributed by atoms with Crippen molar-refractivity contribution in [1.82, 2.24) is 4.90 Å². The van der Waals surface area contributed by atoms with E-state index < -0.39 is 42.0 Å². The monoisotopic (exact) mass is 265 g/mol. The van der Waals surface area contributed by atoms with Crippen molar-refractivity contribution in [2.75, 3.05) is 0 Å². The molecule has 0 bridgehead atoms. The molecule has 102 valence electrons. The molecule has 1 heterocycles. The largest absolute Gasteiger partial charge is 0.480 e. The van der Waals surface area contributed by atoms with Gasteiger partial charge >= 0.3 is 23.9 Å². The highest BCUT2D eigenvalue weighted by atomic mass is 19.3. The Morgan fingerprint density at radius 1 is 1.44 bits per heavy atom. The molecule has 1 fully saturated rings. The van der Waals surface area contributed by atoms with Crippen LogP contribution in [-0.4, -0.2) is 45.5 Å². The summed E-state index contributed by atoms with van der Waals surface area (Å²) >= 11 is 0. The average molecular weight is 265 g/mol. The summed E-state index contributed by atoms with van der Waals surface area (Å²) in [6.07, 6.45) is -2.61. The molecule has 18 heavy (non-hydrogen) atoms. The van der Waals surface area contributed by atoms with E-state index in [-0.39, 0.29) is 4.90 Å². The number of amides is 2. The van der Waals surface area contributed by atoms with Crippen LogP contribution in [0.3, 0.4) is 0 Å². The molecular formula is C10H13F2NO5. The van der Waals surface area contributed by atoms with Crippen molar-refractivity contribution in [2.24, 2.45) is 0 Å². The first-order chi connectivity index (χ1) is 7.96. The Morgan fingerprint density at radius 2 is 1.94 bits per heavy atom. The number of carboxylic acids is 1. The predicted octanol–water partition coefficient (Wildman–Crippen LogP) is 1.24. The third-order valence-electron chi connectivity index (χ3n) is 2.17. The van der Waals surface area contributed by atoms with Gasteiger partial charge in [0.25, 0.3) is 0 Å². The minimum absolute atomic E-state index is 0.0341. The lowest BCUT2D eigenvalue weighted by molar-refractivity contribution is -0.150. The fourth-order valence-electron chi connectivity index (χ4n) is 1.46. The summed E-state index contributed by atoms with van der Waals surface area (Å²) in [4.78, 5) is 33.6. The van der Waals surface area contributed by atoms with E-state index >= 15 is 0 Å². The minimum atomic E-state index is -3.86. The van der Waals surface area contributed by atoms with Gasteiger partial charge in [0.05, 0.1) is 6.42 Å². The molecule has 0 aliphatic carbocycles. The Labute approximate surface area is 102 Å². The van der Waals surface area contributed by atoms with Crippen LogP contribution in [-0.2, 0) is 14.3 Å². The summed E-state index contributed by atoms with van der Waals surface area (Å²) in [5.41, 5.74) is -1.02. The molecular weight excluding hydrogens is 252 g/mol. The zero-order chi connectivity index (χ0) is 14.3. The number of hydrogen-bond acceptors (Lipinski definition) is 4. The van der Waals surface area contributed by atoms with Gasteiger partial charge in [-0.05, 0) is 20.8 Å². The number of rotatable bonds is 1. The van der Waals surface area contributed by atoms with Gasteiger partial charge in [0.1, 0.15) is 11.6 Å². The zero-order valence-electron chi connectivity index (χ0n) is 10.1. The van der Waals surface area contributed by atoms with Crippen LogP contribution in [0.1, 0.15) is 27.2 Å². The molecule has 1 rings (SSSR count). The van der Waals surface area contributed by atoms with Crippen molar-refractivity contribution in [3.05, 3.63) is 0 Å². The number of imide groups is 1. The average Bonchev–Trinajstić information content (AvgIpc) is 2.35. The van der Waals surface area contributed by atoms with Crippen molar-refractivity contribution in [1.29, 1.82) is 0 Å². The molecule has 0 saturated carbocycles. The van der Waals surface area contributed by atoms with Gasteiger partial charge in [0, 0.05) is 0 Å². The summed E-state index contributed by atoms with van der Waals surface area (Å²) in [6, 6.07) is -1.90. The van der Waals surface area contributed by atoms with Crippen molar-refractivity contribution in [2.45, 2.75) is 44.8 Å². The second-order valence-electron chi connectivity index (χ2n) is 4.92. The maximum Gasteiger partial charge on any atom is 0.418 e. The molecule has 0 aromatic rings. The molecule has 8 heteroatoms. The molecule has 0 aromatic heterocycles. The quantitative estimate of drug-likeness (QED) is 0.771. The van der Waals surface area contributed by atoms with Crippen LogP contribution in [0, 0.1) is 0 Å². The standard InChI is InChI=1S/C10H13F2NO5/c1-9(2,3)18-8(17)13-5(6(14)15)4-10(11,12)7(13)16/h5H,4H2,1-3H3,(H,14,15)/t5-/m0/s1. The summed E-state index contributed by atoms with van der Waals surface area (Å²) in [6.45, 7) is 4.41. The van der Waals surface area contributed by atoms with Crippen molar-refractivity contribution in [3.8, 4) is 0 Å². The Hall–Kier alpha value is -1.73. The van der Waals surface area contributed by atoms with Crippen LogP contribution >= 0.6 is 0 Å². The lowest BCUT2D eigenvalue weighted by Crippen LogP contribution is -2.46. The molecule has 1 N–H and O–H groups in total. The van der Waals surface area contributed by atoms with Crippen LogP contribution in [0.4, 0.5) is 13.6 Å². The molecule has 1 aliphatic heterocycles. The third kappa shape index (κ3) is 2.74. The second kappa shape index (κ2) is 4.18. The fourth-order valence-corrected chi connectivity index (χ4v) is 1.46. The Bertz CT molecular complexity index is 402. The number of ether oxygens (including phenoxy) is 1. The summed E-state index contributed by atoms with van der Waals surface area (Å²) in [5, 5.41) is 8.75. The first kappa shape index (κ1) is 14.3. The van der Waals surface area contributed by atoms with Gasteiger partial charge in [0.2, 0.25) is 0 Å². The first-order valence-corrected chi connectivity index (χ1v) is 5.13. The molecule has 0 spiro atoms. The fraction of sp³-hybridized carbons (Fsp3) is 0.700. The molecule has 6 nitrogen and oxygen atoms in total. The Balaban J connectivity index is 3.00. The maximum absolute atomic E-state index is 13.1. The second-order valence-corrected chi connectivity index (χ2v) is 4.92. The van der Waals surface area contributed by atoms with Crippen LogP contribution in [0.25, 0.3) is 0 Å². The SMILES string of the molecule is CC(C)(C)OC(=O)N1C(=O)C(F)(F)C[C@H]1C(=O)O. The van der Waals surface area contributed by atoms with E-state index in [0.717, 1.165) is 0 Å². The number of alkyl halides is 2. The van der Waals surface area contributed by atoms with Gasteiger partial charge < -0.3 is 9.84 Å². The number of nitrogens with zero attached hydrogens (tertiary/aromatic N) is 1. The molecule has 1 aliphatic rings. The smallest absolute Gasteiger partial charge is 0.418 e. The molecule has 0 aromatic carbocycles. The highest BCUT2D eigenvalue weighted by molar-refractivity contribution is 6.02. The lowest BCUT2D eigenvalue weighted by atomic mass is 10.2. The third-order valence-corrected chi connectivity index (χ3v) is 2.17. The number of carbonyl (C=O) groups is 3. The van der Waals surface area contributed by atoms with E-state index in [1.807, 2.05) is 0 Å². The van der Waals surface area contributed by atoms with Gasteiger partial charge in [-0.15, -0.1) is 0 Å². The normalized spacial score (nSPS) is 23.1. The molecule has 0 radical (unpaired) electrons. The van der Waals surface area contributed by atoms with E-state index in [9.17, 15) is 23.2 Å². The first-order valence-electron chi connectivity index (χ1n) is 5.13. The molecule has 1 saturated heterocycles. The number of halogens is 2. The van der Waals surface area contributed by atoms with Crippen molar-refractivity contribution in [3.63, 3.8) is 0 Å². The van der Waals surface area contributed by atoms with E-state index in [0.29, 0.717) is 0 Å². The summed E-state index contributed by atoms with van der Waals surface area (Å²) < 4.78 is 31.0. The Morgan fingerprint density at radius 3 is 2.33 bits per heavy atom. The zero-order valence-corrected chi connectivity index (χ0v) is 10.1. The van der Waals surface area contributed by atoms with E-state index in [2.05, 4.69) is 0 Å². The number of carboxylic acid groups (broad SMARTS) is 1. The number of aliphatic carboxylic acids is 1. The molecule has 0 unspecified atom stereocenters. The number of carbonyl (C=O) groups excluding carboxylic acids is 2. The van der Waals surface area contributed by atoms with E-state index in [1.165, 1.54) is 20.8 Å². The minimum Gasteiger partial charge on any atom is -0.480 e. The van der Waals surface area contributed by atoms with Crippen molar-refractivity contribution >= 4 is 18.0 Å². The van der Waals surface area contributed by atoms with Gasteiger partial charge in [-0.25, -0.2) is 14.5 Å². The summed E-state index contributed by atoms with van der Waals surface area (Å²) in [7, 11) is 0. The highest BCUT2D eigenvalue weighted by Gasteiger charge is 2.59. The topological polar surface area (TPSA) is 83.9 Å². The van der Waals surface area contributed by atoms with E-state index in [1.54, 1.807) is 0 Å². The van der Waals surface area contributed by atoms with Gasteiger partial charge in [-0.2, -0.15) is 8.78 Å². The van der Waals surface area contributed by atoms with Crippen molar-refractivity contribution < 1.29 is 33.0 Å². The van der Waals surface area contributed by atoms with Gasteiger partial charge in [-0.1, -0.05) is 0 Å². The van der Waals surface area contributed by atoms with Crippen LogP contribution in [0.5, 0.6) is 0 Å². The van der Waals surface area contributed by atoms with Crippen LogP contribution in [0.2, 0.25) is 0 Å². The van der Waals surface area contributed by atoms with Gasteiger partial charge in [0.15, 0.2) is 0 Å². The molecule has 2 amide bonds. The highest BCUT2D eigenvalue weighted by Crippen LogP contribution is 2.34. The summed E-state index contributed by atoms with van der Waals surface area (Å²) in [5.74, 6) is -7.38. The predicted molar refractivity (Wildman–Crippen MR) is 54.1 cm³/mol. The number of hydrogen-bond donors (Lipinski definition) is 1. The van der Waals surface area contributed by atoms with Gasteiger partial charge in [-0.3, -0.25) is 4.79 Å². The number of likely N-dealkylation sites (tertiary alicyclic amines) is 1. The maximum atomic E-state index is 13.1. The Kier molecular flexibility index (Phi) is 3.33. The van der Waals surface area contributed by atoms with Crippen LogP contribution in [0.15, 0.2) is 0 Å². The molecule has 1 atom stereocenters. The van der Waals surface area contributed by atoms with E-state index in [4.69, 9.17) is 9.84 Å². The lowest BCUT2D eigenvalue weighted by Gasteiger charge is -2.25.